The maximum atomic E-state index is 12.4. The van der Waals surface area contributed by atoms with Gasteiger partial charge in [0.1, 0.15) is 0 Å². The van der Waals surface area contributed by atoms with Crippen molar-refractivity contribution in [2.45, 2.75) is 20.8 Å². The zero-order valence-corrected chi connectivity index (χ0v) is 18.3. The highest BCUT2D eigenvalue weighted by Gasteiger charge is 2.30. The number of piperazine rings is 1. The Morgan fingerprint density at radius 1 is 0.931 bits per heavy atom. The Hall–Kier alpha value is -2.24. The molecule has 2 aromatic carbocycles. The third-order valence-electron chi connectivity index (χ3n) is 4.86. The number of nitrogens with zero attached hydrogens (tertiary/aromatic N) is 2. The summed E-state index contributed by atoms with van der Waals surface area (Å²) in [6.45, 7) is 8.60. The van der Waals surface area contributed by atoms with E-state index in [1.165, 1.54) is 0 Å². The molecule has 0 unspecified atom stereocenters. The van der Waals surface area contributed by atoms with Crippen LogP contribution in [0.25, 0.3) is 0 Å². The second-order valence-electron chi connectivity index (χ2n) is 8.16. The van der Waals surface area contributed by atoms with E-state index < -0.39 is 0 Å². The van der Waals surface area contributed by atoms with E-state index in [4.69, 9.17) is 23.2 Å². The minimum Gasteiger partial charge on any atom is -0.367 e. The summed E-state index contributed by atoms with van der Waals surface area (Å²) in [5.41, 5.74) is 1.68. The molecule has 7 heteroatoms. The predicted molar refractivity (Wildman–Crippen MR) is 119 cm³/mol. The highest BCUT2D eigenvalue weighted by Crippen LogP contribution is 2.30. The van der Waals surface area contributed by atoms with Gasteiger partial charge in [-0.25, -0.2) is 0 Å². The average Bonchev–Trinajstić information content (AvgIpc) is 2.67. The van der Waals surface area contributed by atoms with Gasteiger partial charge in [0.2, 0.25) is 5.91 Å². The maximum absolute atomic E-state index is 12.4. The first-order valence-electron chi connectivity index (χ1n) is 9.56. The highest BCUT2D eigenvalue weighted by molar-refractivity contribution is 6.33. The van der Waals surface area contributed by atoms with E-state index in [0.29, 0.717) is 34.4 Å². The van der Waals surface area contributed by atoms with Crippen LogP contribution in [-0.2, 0) is 4.79 Å². The molecular weight excluding hydrogens is 409 g/mol. The molecule has 1 aliphatic heterocycles. The Morgan fingerprint density at radius 3 is 2.10 bits per heavy atom. The Labute approximate surface area is 181 Å². The number of nitrogens with one attached hydrogen (secondary N) is 1. The third-order valence-corrected chi connectivity index (χ3v) is 5.42. The Bertz CT molecular complexity index is 899. The van der Waals surface area contributed by atoms with Crippen molar-refractivity contribution >= 4 is 46.4 Å². The van der Waals surface area contributed by atoms with Crippen molar-refractivity contribution in [3.63, 3.8) is 0 Å². The van der Waals surface area contributed by atoms with Crippen molar-refractivity contribution < 1.29 is 9.59 Å². The Kier molecular flexibility index (Phi) is 6.39. The molecule has 154 valence electrons. The molecule has 0 spiro atoms. The molecule has 1 aliphatic rings. The SMILES string of the molecule is CC(C)(C)C(=O)N1CCN(c2ccc(NC(=O)c3ccc(Cl)cc3)cc2Cl)CC1. The first kappa shape index (κ1) is 21.5. The lowest BCUT2D eigenvalue weighted by molar-refractivity contribution is -0.139. The molecule has 1 fully saturated rings. The van der Waals surface area contributed by atoms with Crippen molar-refractivity contribution in [2.75, 3.05) is 36.4 Å². The second kappa shape index (κ2) is 8.64. The number of anilines is 2. The van der Waals surface area contributed by atoms with Gasteiger partial charge in [-0.1, -0.05) is 44.0 Å². The van der Waals surface area contributed by atoms with Crippen LogP contribution in [0.4, 0.5) is 11.4 Å². The number of halogens is 2. The van der Waals surface area contributed by atoms with Crippen LogP contribution in [0.5, 0.6) is 0 Å². The molecule has 1 saturated heterocycles. The maximum Gasteiger partial charge on any atom is 0.255 e. The molecule has 2 amide bonds. The van der Waals surface area contributed by atoms with E-state index in [0.717, 1.165) is 18.8 Å². The molecule has 0 aliphatic carbocycles. The van der Waals surface area contributed by atoms with Gasteiger partial charge in [-0.3, -0.25) is 9.59 Å². The van der Waals surface area contributed by atoms with Crippen molar-refractivity contribution in [1.29, 1.82) is 0 Å². The molecule has 0 saturated carbocycles. The normalized spacial score (nSPS) is 14.7. The van der Waals surface area contributed by atoms with Crippen molar-refractivity contribution in [3.05, 3.63) is 58.1 Å². The first-order chi connectivity index (χ1) is 13.6. The van der Waals surface area contributed by atoms with Crippen LogP contribution in [0, 0.1) is 5.41 Å². The van der Waals surface area contributed by atoms with Crippen LogP contribution in [0.1, 0.15) is 31.1 Å². The number of hydrogen-bond acceptors (Lipinski definition) is 3. The summed E-state index contributed by atoms with van der Waals surface area (Å²) in [4.78, 5) is 28.9. The number of hydrogen-bond donors (Lipinski definition) is 1. The number of amides is 2. The molecular formula is C22H25Cl2N3O2. The van der Waals surface area contributed by atoms with Crippen molar-refractivity contribution in [3.8, 4) is 0 Å². The van der Waals surface area contributed by atoms with E-state index in [1.807, 2.05) is 37.8 Å². The highest BCUT2D eigenvalue weighted by atomic mass is 35.5. The van der Waals surface area contributed by atoms with E-state index in [2.05, 4.69) is 10.2 Å². The Balaban J connectivity index is 1.64. The minimum atomic E-state index is -0.371. The summed E-state index contributed by atoms with van der Waals surface area (Å²) in [6.07, 6.45) is 0. The van der Waals surface area contributed by atoms with Gasteiger partial charge in [0.15, 0.2) is 0 Å². The monoisotopic (exact) mass is 433 g/mol. The second-order valence-corrected chi connectivity index (χ2v) is 9.00. The fraction of sp³-hybridized carbons (Fsp3) is 0.364. The van der Waals surface area contributed by atoms with E-state index in [9.17, 15) is 9.59 Å². The fourth-order valence-corrected chi connectivity index (χ4v) is 3.70. The van der Waals surface area contributed by atoms with Crippen LogP contribution >= 0.6 is 23.2 Å². The van der Waals surface area contributed by atoms with Crippen LogP contribution in [-0.4, -0.2) is 42.9 Å². The number of carbonyl (C=O) groups excluding carboxylic acids is 2. The summed E-state index contributed by atoms with van der Waals surface area (Å²) in [6, 6.07) is 12.2. The smallest absolute Gasteiger partial charge is 0.255 e. The van der Waals surface area contributed by atoms with Gasteiger partial charge in [-0.05, 0) is 42.5 Å². The Morgan fingerprint density at radius 2 is 1.55 bits per heavy atom. The summed E-state index contributed by atoms with van der Waals surface area (Å²) >= 11 is 12.4. The molecule has 0 radical (unpaired) electrons. The van der Waals surface area contributed by atoms with Crippen molar-refractivity contribution in [1.82, 2.24) is 4.90 Å². The molecule has 5 nitrogen and oxygen atoms in total. The molecule has 0 aromatic heterocycles. The van der Waals surface area contributed by atoms with Gasteiger partial charge in [0.05, 0.1) is 10.7 Å². The predicted octanol–water partition coefficient (Wildman–Crippen LogP) is 4.94. The lowest BCUT2D eigenvalue weighted by atomic mass is 9.94. The summed E-state index contributed by atoms with van der Waals surface area (Å²) < 4.78 is 0. The van der Waals surface area contributed by atoms with Crippen LogP contribution in [0.3, 0.4) is 0 Å². The van der Waals surface area contributed by atoms with Gasteiger partial charge >= 0.3 is 0 Å². The summed E-state index contributed by atoms with van der Waals surface area (Å²) in [7, 11) is 0. The average molecular weight is 434 g/mol. The minimum absolute atomic E-state index is 0.170. The zero-order valence-electron chi connectivity index (χ0n) is 16.8. The third kappa shape index (κ3) is 5.22. The van der Waals surface area contributed by atoms with Gasteiger partial charge < -0.3 is 15.1 Å². The molecule has 0 atom stereocenters. The largest absolute Gasteiger partial charge is 0.367 e. The summed E-state index contributed by atoms with van der Waals surface area (Å²) in [5, 5.41) is 4.00. The van der Waals surface area contributed by atoms with Gasteiger partial charge in [-0.15, -0.1) is 0 Å². The van der Waals surface area contributed by atoms with Gasteiger partial charge in [0.25, 0.3) is 5.91 Å². The number of rotatable bonds is 3. The molecule has 1 N–H and O–H groups in total. The van der Waals surface area contributed by atoms with Gasteiger partial charge in [-0.2, -0.15) is 0 Å². The first-order valence-corrected chi connectivity index (χ1v) is 10.3. The quantitative estimate of drug-likeness (QED) is 0.745. The molecule has 2 aromatic rings. The van der Waals surface area contributed by atoms with E-state index in [1.54, 1.807) is 30.3 Å². The molecule has 0 bridgehead atoms. The van der Waals surface area contributed by atoms with Gasteiger partial charge in [0, 0.05) is 47.9 Å². The van der Waals surface area contributed by atoms with Crippen LogP contribution in [0.2, 0.25) is 10.0 Å². The molecule has 29 heavy (non-hydrogen) atoms. The fourth-order valence-electron chi connectivity index (χ4n) is 3.27. The van der Waals surface area contributed by atoms with E-state index in [-0.39, 0.29) is 17.2 Å². The summed E-state index contributed by atoms with van der Waals surface area (Å²) in [5.74, 6) is -0.0525. The molecule has 3 rings (SSSR count). The van der Waals surface area contributed by atoms with Crippen LogP contribution < -0.4 is 10.2 Å². The number of carbonyl (C=O) groups is 2. The van der Waals surface area contributed by atoms with E-state index >= 15 is 0 Å². The topological polar surface area (TPSA) is 52.7 Å². The lowest BCUT2D eigenvalue weighted by Crippen LogP contribution is -2.51. The number of benzene rings is 2. The van der Waals surface area contributed by atoms with Crippen molar-refractivity contribution in [2.24, 2.45) is 5.41 Å². The standard InChI is InChI=1S/C22H25Cl2N3O2/c1-22(2,3)21(29)27-12-10-26(11-13-27)19-9-8-17(14-18(19)24)25-20(28)15-4-6-16(23)7-5-15/h4-9,14H,10-13H2,1-3H3,(H,25,28). The zero-order chi connectivity index (χ0) is 21.2. The lowest BCUT2D eigenvalue weighted by Gasteiger charge is -2.39. The molecule has 1 heterocycles. The van der Waals surface area contributed by atoms with Crippen LogP contribution in [0.15, 0.2) is 42.5 Å².